The van der Waals surface area contributed by atoms with Crippen LogP contribution in [0, 0.1) is 0 Å². The van der Waals surface area contributed by atoms with Crippen molar-refractivity contribution in [2.24, 2.45) is 0 Å². The van der Waals surface area contributed by atoms with Crippen molar-refractivity contribution in [3.8, 4) is 0 Å². The summed E-state index contributed by atoms with van der Waals surface area (Å²) in [6, 6.07) is 0.432. The fraction of sp³-hybridized carbons (Fsp3) is 1.00. The molecule has 0 spiro atoms. The summed E-state index contributed by atoms with van der Waals surface area (Å²) in [4.78, 5) is 2.14. The van der Waals surface area contributed by atoms with Crippen LogP contribution in [0.1, 0.15) is 34.6 Å². The van der Waals surface area contributed by atoms with Gasteiger partial charge in [-0.15, -0.1) is 0 Å². The Morgan fingerprint density at radius 1 is 1.12 bits per heavy atom. The Labute approximate surface area is 101 Å². The van der Waals surface area contributed by atoms with Gasteiger partial charge in [0, 0.05) is 24.7 Å². The zero-order chi connectivity index (χ0) is 13.1. The molecule has 0 fully saturated rings. The minimum Gasteiger partial charge on any atom is -0.303 e. The molecule has 0 aliphatic rings. The van der Waals surface area contributed by atoms with E-state index in [4.69, 9.17) is 0 Å². The zero-order valence-corrected chi connectivity index (χ0v) is 12.4. The van der Waals surface area contributed by atoms with E-state index >= 15 is 0 Å². The second-order valence-electron chi connectivity index (χ2n) is 5.58. The molecule has 0 aromatic rings. The van der Waals surface area contributed by atoms with Crippen molar-refractivity contribution in [2.45, 2.75) is 46.2 Å². The Morgan fingerprint density at radius 2 is 1.56 bits per heavy atom. The number of hydrogen-bond donors (Lipinski definition) is 0. The van der Waals surface area contributed by atoms with Gasteiger partial charge in [-0.05, 0) is 41.7 Å². The van der Waals surface area contributed by atoms with E-state index in [1.807, 2.05) is 27.8 Å². The summed E-state index contributed by atoms with van der Waals surface area (Å²) >= 11 is 0. The van der Waals surface area contributed by atoms with Gasteiger partial charge in [-0.2, -0.15) is 4.31 Å². The highest BCUT2D eigenvalue weighted by Crippen LogP contribution is 2.16. The smallest absolute Gasteiger partial charge is 0.211 e. The van der Waals surface area contributed by atoms with Gasteiger partial charge in [-0.3, -0.25) is 0 Å². The van der Waals surface area contributed by atoms with Gasteiger partial charge < -0.3 is 4.90 Å². The van der Waals surface area contributed by atoms with Crippen molar-refractivity contribution >= 4 is 10.0 Å². The number of likely N-dealkylation sites (N-methyl/N-ethyl adjacent to an activating group) is 1. The van der Waals surface area contributed by atoms with E-state index in [2.05, 4.69) is 18.7 Å². The van der Waals surface area contributed by atoms with Gasteiger partial charge in [0.25, 0.3) is 0 Å². The summed E-state index contributed by atoms with van der Waals surface area (Å²) < 4.78 is 24.9. The molecule has 0 amide bonds. The number of rotatable bonds is 5. The topological polar surface area (TPSA) is 40.6 Å². The molecule has 0 aliphatic heterocycles. The minimum absolute atomic E-state index is 0.356. The van der Waals surface area contributed by atoms with Crippen LogP contribution in [0.5, 0.6) is 0 Å². The van der Waals surface area contributed by atoms with Gasteiger partial charge in [-0.1, -0.05) is 0 Å². The Balaban J connectivity index is 4.61. The lowest BCUT2D eigenvalue weighted by molar-refractivity contribution is 0.198. The van der Waals surface area contributed by atoms with Gasteiger partial charge in [0.05, 0.1) is 6.26 Å². The summed E-state index contributed by atoms with van der Waals surface area (Å²) in [5.74, 6) is 0. The van der Waals surface area contributed by atoms with Crippen LogP contribution in [0.25, 0.3) is 0 Å². The molecule has 0 bridgehead atoms. The first-order valence-corrected chi connectivity index (χ1v) is 7.49. The maximum atomic E-state index is 11.7. The number of hydrogen-bond acceptors (Lipinski definition) is 3. The highest BCUT2D eigenvalue weighted by molar-refractivity contribution is 7.88. The van der Waals surface area contributed by atoms with Crippen LogP contribution in [0.2, 0.25) is 0 Å². The fourth-order valence-corrected chi connectivity index (χ4v) is 2.91. The molecular weight excluding hydrogens is 224 g/mol. The molecule has 0 unspecified atom stereocenters. The van der Waals surface area contributed by atoms with Gasteiger partial charge >= 0.3 is 0 Å². The lowest BCUT2D eigenvalue weighted by Gasteiger charge is -2.35. The predicted octanol–water partition coefficient (Wildman–Crippen LogP) is 1.39. The van der Waals surface area contributed by atoms with Crippen molar-refractivity contribution in [2.75, 3.05) is 26.4 Å². The quantitative estimate of drug-likeness (QED) is 0.740. The molecule has 16 heavy (non-hydrogen) atoms. The number of sulfonamides is 1. The van der Waals surface area contributed by atoms with E-state index in [9.17, 15) is 8.42 Å². The average molecular weight is 250 g/mol. The van der Waals surface area contributed by atoms with Crippen LogP contribution in [-0.2, 0) is 10.0 Å². The monoisotopic (exact) mass is 250 g/mol. The summed E-state index contributed by atoms with van der Waals surface area (Å²) in [7, 11) is -1.13. The van der Waals surface area contributed by atoms with Crippen molar-refractivity contribution in [3.05, 3.63) is 0 Å². The van der Waals surface area contributed by atoms with Crippen LogP contribution in [0.3, 0.4) is 0 Å². The van der Waals surface area contributed by atoms with E-state index < -0.39 is 10.0 Å². The second-order valence-corrected chi connectivity index (χ2v) is 7.49. The summed E-state index contributed by atoms with van der Waals surface area (Å²) in [5.41, 5.74) is -0.356. The first-order chi connectivity index (χ1) is 6.96. The van der Waals surface area contributed by atoms with Gasteiger partial charge in [0.1, 0.15) is 0 Å². The van der Waals surface area contributed by atoms with E-state index in [1.54, 1.807) is 4.31 Å². The third-order valence-corrected chi connectivity index (χ3v) is 4.22. The van der Waals surface area contributed by atoms with Crippen LogP contribution in [-0.4, -0.2) is 55.6 Å². The molecule has 0 saturated heterocycles. The predicted molar refractivity (Wildman–Crippen MR) is 69.1 cm³/mol. The molecule has 0 aliphatic carbocycles. The maximum Gasteiger partial charge on any atom is 0.211 e. The Bertz CT molecular complexity index is 304. The minimum atomic E-state index is -3.14. The molecule has 98 valence electrons. The third-order valence-electron chi connectivity index (χ3n) is 2.69. The van der Waals surface area contributed by atoms with E-state index in [0.717, 1.165) is 6.54 Å². The van der Waals surface area contributed by atoms with Crippen molar-refractivity contribution in [1.82, 2.24) is 9.21 Å². The highest BCUT2D eigenvalue weighted by Gasteiger charge is 2.29. The second kappa shape index (κ2) is 5.47. The molecule has 5 heteroatoms. The molecular formula is C11H26N2O2S. The van der Waals surface area contributed by atoms with Crippen LogP contribution < -0.4 is 0 Å². The van der Waals surface area contributed by atoms with Crippen molar-refractivity contribution < 1.29 is 8.42 Å². The summed E-state index contributed by atoms with van der Waals surface area (Å²) in [5, 5.41) is 0. The molecule has 0 aromatic carbocycles. The molecule has 0 saturated carbocycles. The summed E-state index contributed by atoms with van der Waals surface area (Å²) in [6.07, 6.45) is 1.27. The molecule has 0 radical (unpaired) electrons. The molecule has 0 aromatic heterocycles. The first-order valence-electron chi connectivity index (χ1n) is 5.64. The Morgan fingerprint density at radius 3 is 1.81 bits per heavy atom. The number of nitrogens with zero attached hydrogens (tertiary/aromatic N) is 2. The van der Waals surface area contributed by atoms with Gasteiger partial charge in [-0.25, -0.2) is 8.42 Å². The Hall–Kier alpha value is -0.130. The lowest BCUT2D eigenvalue weighted by Crippen LogP contribution is -2.48. The molecule has 0 N–H and O–H groups in total. The molecule has 0 atom stereocenters. The van der Waals surface area contributed by atoms with E-state index in [-0.39, 0.29) is 5.54 Å². The molecule has 0 heterocycles. The normalized spacial score (nSPS) is 14.1. The van der Waals surface area contributed by atoms with Gasteiger partial charge in [0.2, 0.25) is 10.0 Å². The van der Waals surface area contributed by atoms with E-state index in [0.29, 0.717) is 12.6 Å². The van der Waals surface area contributed by atoms with Crippen LogP contribution in [0.15, 0.2) is 0 Å². The van der Waals surface area contributed by atoms with Gasteiger partial charge in [0.15, 0.2) is 0 Å². The largest absolute Gasteiger partial charge is 0.303 e. The zero-order valence-electron chi connectivity index (χ0n) is 11.6. The van der Waals surface area contributed by atoms with Crippen LogP contribution >= 0.6 is 0 Å². The molecule has 4 nitrogen and oxygen atoms in total. The fourth-order valence-electron chi connectivity index (χ4n) is 1.51. The SMILES string of the molecule is CC(C)N(C)CCN(C(C)(C)C)S(C)(=O)=O. The molecule has 0 rings (SSSR count). The first kappa shape index (κ1) is 15.9. The maximum absolute atomic E-state index is 11.7. The van der Waals surface area contributed by atoms with Crippen LogP contribution in [0.4, 0.5) is 0 Å². The van der Waals surface area contributed by atoms with E-state index in [1.165, 1.54) is 6.26 Å². The summed E-state index contributed by atoms with van der Waals surface area (Å²) in [6.45, 7) is 11.2. The Kier molecular flexibility index (Phi) is 5.42. The lowest BCUT2D eigenvalue weighted by atomic mass is 10.1. The van der Waals surface area contributed by atoms with Crippen molar-refractivity contribution in [3.63, 3.8) is 0 Å². The standard InChI is InChI=1S/C11H26N2O2S/c1-10(2)12(6)8-9-13(11(3,4)5)16(7,14)15/h10H,8-9H2,1-7H3. The average Bonchev–Trinajstić information content (AvgIpc) is 1.98. The van der Waals surface area contributed by atoms with Crippen molar-refractivity contribution in [1.29, 1.82) is 0 Å². The highest BCUT2D eigenvalue weighted by atomic mass is 32.2. The third kappa shape index (κ3) is 5.27.